The first-order valence-electron chi connectivity index (χ1n) is 9.45. The van der Waals surface area contributed by atoms with E-state index < -0.39 is 11.9 Å². The van der Waals surface area contributed by atoms with Gasteiger partial charge >= 0.3 is 5.97 Å². The van der Waals surface area contributed by atoms with Crippen molar-refractivity contribution in [1.29, 1.82) is 0 Å². The molecule has 2 aromatic carbocycles. The largest absolute Gasteiger partial charge is 0.485 e. The Morgan fingerprint density at radius 3 is 2.25 bits per heavy atom. The van der Waals surface area contributed by atoms with Crippen molar-refractivity contribution in [2.75, 3.05) is 13.2 Å². The van der Waals surface area contributed by atoms with Crippen LogP contribution >= 0.6 is 0 Å². The van der Waals surface area contributed by atoms with Crippen molar-refractivity contribution >= 4 is 11.9 Å². The first-order chi connectivity index (χ1) is 13.5. The van der Waals surface area contributed by atoms with Crippen LogP contribution in [0.25, 0.3) is 0 Å². The molecule has 0 aliphatic heterocycles. The first-order valence-corrected chi connectivity index (χ1v) is 9.45. The molecule has 1 amide bonds. The molecule has 1 N–H and O–H groups in total. The zero-order valence-electron chi connectivity index (χ0n) is 15.9. The number of benzene rings is 2. The van der Waals surface area contributed by atoms with E-state index in [0.29, 0.717) is 18.1 Å². The Labute approximate surface area is 164 Å². The highest BCUT2D eigenvalue weighted by Gasteiger charge is 2.34. The maximum atomic E-state index is 12.6. The predicted molar refractivity (Wildman–Crippen MR) is 104 cm³/mol. The molecule has 1 atom stereocenters. The molecule has 3 rings (SSSR count). The van der Waals surface area contributed by atoms with Gasteiger partial charge in [0.2, 0.25) is 0 Å². The minimum atomic E-state index is -0.904. The summed E-state index contributed by atoms with van der Waals surface area (Å²) >= 11 is 0. The van der Waals surface area contributed by atoms with E-state index >= 15 is 0 Å². The second-order valence-corrected chi connectivity index (χ2v) is 7.03. The molecule has 148 valence electrons. The van der Waals surface area contributed by atoms with Crippen LogP contribution in [0, 0.1) is 5.92 Å². The van der Waals surface area contributed by atoms with Gasteiger partial charge in [0.25, 0.3) is 5.91 Å². The summed E-state index contributed by atoms with van der Waals surface area (Å²) in [6, 6.07) is 17.2. The number of rotatable bonds is 10. The van der Waals surface area contributed by atoms with Gasteiger partial charge in [0.15, 0.2) is 18.1 Å². The summed E-state index contributed by atoms with van der Waals surface area (Å²) in [7, 11) is 0. The van der Waals surface area contributed by atoms with Gasteiger partial charge in [-0.3, -0.25) is 9.59 Å². The van der Waals surface area contributed by atoms with Crippen LogP contribution in [0.1, 0.15) is 25.3 Å². The van der Waals surface area contributed by atoms with Crippen LogP contribution in [0.5, 0.6) is 11.5 Å². The van der Waals surface area contributed by atoms with Gasteiger partial charge in [-0.1, -0.05) is 49.4 Å². The number of aliphatic carboxylic acids is 1. The first kappa shape index (κ1) is 19.7. The topological polar surface area (TPSA) is 76.1 Å². The molecule has 0 saturated heterocycles. The lowest BCUT2D eigenvalue weighted by Crippen LogP contribution is -2.41. The van der Waals surface area contributed by atoms with E-state index in [-0.39, 0.29) is 25.1 Å². The summed E-state index contributed by atoms with van der Waals surface area (Å²) in [6.07, 6.45) is 1.82. The number of carboxylic acid groups (broad SMARTS) is 1. The molecule has 2 aromatic rings. The molecule has 6 heteroatoms. The fraction of sp³-hybridized carbons (Fsp3) is 0.364. The molecular formula is C22H25NO5. The highest BCUT2D eigenvalue weighted by Crippen LogP contribution is 2.30. The van der Waals surface area contributed by atoms with Crippen molar-refractivity contribution in [2.24, 2.45) is 5.92 Å². The number of hydrogen-bond acceptors (Lipinski definition) is 4. The molecule has 0 radical (unpaired) electrons. The highest BCUT2D eigenvalue weighted by molar-refractivity contribution is 5.79. The smallest absolute Gasteiger partial charge is 0.308 e. The SMILES string of the molecule is CC(CN(C(=O)COc1ccccc1OCc1ccccc1)C1CC1)C(=O)O. The van der Waals surface area contributed by atoms with Gasteiger partial charge in [-0.2, -0.15) is 0 Å². The third kappa shape index (κ3) is 5.49. The normalized spacial score (nSPS) is 14.2. The standard InChI is InChI=1S/C22H25NO5/c1-16(22(25)26)13-23(18-11-12-18)21(24)15-28-20-10-6-5-9-19(20)27-14-17-7-3-2-4-8-17/h2-10,16,18H,11-15H2,1H3,(H,25,26). The van der Waals surface area contributed by atoms with Gasteiger partial charge in [0, 0.05) is 12.6 Å². The van der Waals surface area contributed by atoms with Gasteiger partial charge in [-0.25, -0.2) is 0 Å². The van der Waals surface area contributed by atoms with E-state index in [1.165, 1.54) is 0 Å². The maximum absolute atomic E-state index is 12.6. The van der Waals surface area contributed by atoms with Crippen LogP contribution in [0.4, 0.5) is 0 Å². The molecule has 28 heavy (non-hydrogen) atoms. The molecule has 0 heterocycles. The number of nitrogens with zero attached hydrogens (tertiary/aromatic N) is 1. The molecule has 0 bridgehead atoms. The predicted octanol–water partition coefficient (Wildman–Crippen LogP) is 3.36. The van der Waals surface area contributed by atoms with Crippen molar-refractivity contribution in [2.45, 2.75) is 32.4 Å². The number of carboxylic acids is 1. The van der Waals surface area contributed by atoms with E-state index in [1.54, 1.807) is 24.0 Å². The van der Waals surface area contributed by atoms with Crippen LogP contribution in [0.15, 0.2) is 54.6 Å². The number of carbonyl (C=O) groups is 2. The molecule has 6 nitrogen and oxygen atoms in total. The zero-order chi connectivity index (χ0) is 19.9. The number of para-hydroxylation sites is 2. The Balaban J connectivity index is 1.58. The second-order valence-electron chi connectivity index (χ2n) is 7.03. The van der Waals surface area contributed by atoms with Crippen LogP contribution < -0.4 is 9.47 Å². The van der Waals surface area contributed by atoms with E-state index in [0.717, 1.165) is 18.4 Å². The second kappa shape index (κ2) is 9.26. The minimum absolute atomic E-state index is 0.127. The average molecular weight is 383 g/mol. The fourth-order valence-electron chi connectivity index (χ4n) is 2.86. The zero-order valence-corrected chi connectivity index (χ0v) is 15.9. The van der Waals surface area contributed by atoms with E-state index in [2.05, 4.69) is 0 Å². The highest BCUT2D eigenvalue weighted by atomic mass is 16.5. The molecule has 1 unspecified atom stereocenters. The fourth-order valence-corrected chi connectivity index (χ4v) is 2.86. The Morgan fingerprint density at radius 2 is 1.64 bits per heavy atom. The third-order valence-corrected chi connectivity index (χ3v) is 4.64. The van der Waals surface area contributed by atoms with Gasteiger partial charge in [-0.05, 0) is 30.5 Å². The monoisotopic (exact) mass is 383 g/mol. The number of ether oxygens (including phenoxy) is 2. The number of hydrogen-bond donors (Lipinski definition) is 1. The van der Waals surface area contributed by atoms with Crippen LogP contribution in [0.3, 0.4) is 0 Å². The van der Waals surface area contributed by atoms with Gasteiger partial charge in [0.1, 0.15) is 6.61 Å². The molecule has 1 aliphatic rings. The Bertz CT molecular complexity index is 804. The average Bonchev–Trinajstić information content (AvgIpc) is 3.55. The Kier molecular flexibility index (Phi) is 6.53. The third-order valence-electron chi connectivity index (χ3n) is 4.64. The molecule has 1 saturated carbocycles. The van der Waals surface area contributed by atoms with Crippen molar-refractivity contribution in [1.82, 2.24) is 4.90 Å². The van der Waals surface area contributed by atoms with E-state index in [1.807, 2.05) is 42.5 Å². The molecular weight excluding hydrogens is 358 g/mol. The maximum Gasteiger partial charge on any atom is 0.308 e. The molecule has 1 fully saturated rings. The van der Waals surface area contributed by atoms with Gasteiger partial charge in [-0.15, -0.1) is 0 Å². The molecule has 0 aromatic heterocycles. The van der Waals surface area contributed by atoms with Crippen molar-refractivity contribution in [3.05, 3.63) is 60.2 Å². The summed E-state index contributed by atoms with van der Waals surface area (Å²) in [5, 5.41) is 9.13. The number of carbonyl (C=O) groups excluding carboxylic acids is 1. The Hall–Kier alpha value is -3.02. The molecule has 1 aliphatic carbocycles. The minimum Gasteiger partial charge on any atom is -0.485 e. The van der Waals surface area contributed by atoms with Crippen LogP contribution in [-0.4, -0.2) is 41.1 Å². The summed E-state index contributed by atoms with van der Waals surface area (Å²) in [6.45, 7) is 2.07. The lowest BCUT2D eigenvalue weighted by atomic mass is 10.1. The van der Waals surface area contributed by atoms with Gasteiger partial charge in [0.05, 0.1) is 5.92 Å². The Morgan fingerprint density at radius 1 is 1.04 bits per heavy atom. The summed E-state index contributed by atoms with van der Waals surface area (Å²) in [4.78, 5) is 25.4. The van der Waals surface area contributed by atoms with E-state index in [4.69, 9.17) is 14.6 Å². The quantitative estimate of drug-likeness (QED) is 0.681. The lowest BCUT2D eigenvalue weighted by molar-refractivity contribution is -0.143. The number of amides is 1. The van der Waals surface area contributed by atoms with Gasteiger partial charge < -0.3 is 19.5 Å². The lowest BCUT2D eigenvalue weighted by Gasteiger charge is -2.24. The van der Waals surface area contributed by atoms with Crippen molar-refractivity contribution in [3.63, 3.8) is 0 Å². The van der Waals surface area contributed by atoms with Crippen LogP contribution in [0.2, 0.25) is 0 Å². The molecule has 0 spiro atoms. The summed E-state index contributed by atoms with van der Waals surface area (Å²) in [5.74, 6) is -0.650. The summed E-state index contributed by atoms with van der Waals surface area (Å²) in [5.41, 5.74) is 1.04. The van der Waals surface area contributed by atoms with Crippen molar-refractivity contribution < 1.29 is 24.2 Å². The van der Waals surface area contributed by atoms with Crippen LogP contribution in [-0.2, 0) is 16.2 Å². The summed E-state index contributed by atoms with van der Waals surface area (Å²) < 4.78 is 11.6. The van der Waals surface area contributed by atoms with E-state index in [9.17, 15) is 9.59 Å². The van der Waals surface area contributed by atoms with Crippen molar-refractivity contribution in [3.8, 4) is 11.5 Å².